The predicted molar refractivity (Wildman–Crippen MR) is 105 cm³/mol. The summed E-state index contributed by atoms with van der Waals surface area (Å²) in [5, 5.41) is 6.05. The van der Waals surface area contributed by atoms with Crippen LogP contribution in [0.2, 0.25) is 0 Å². The maximum atomic E-state index is 13.6. The van der Waals surface area contributed by atoms with Gasteiger partial charge in [-0.3, -0.25) is 4.79 Å². The molecular weight excluding hydrogens is 341 g/mol. The van der Waals surface area contributed by atoms with Gasteiger partial charge < -0.3 is 10.6 Å². The van der Waals surface area contributed by atoms with Gasteiger partial charge in [0.1, 0.15) is 11.6 Å². The van der Waals surface area contributed by atoms with E-state index in [9.17, 15) is 9.18 Å². The highest BCUT2D eigenvalue weighted by atomic mass is 19.1. The highest BCUT2D eigenvalue weighted by Crippen LogP contribution is 2.10. The first-order chi connectivity index (χ1) is 13.1. The maximum Gasteiger partial charge on any atom is 0.251 e. The van der Waals surface area contributed by atoms with Crippen molar-refractivity contribution < 1.29 is 9.18 Å². The van der Waals surface area contributed by atoms with Gasteiger partial charge in [-0.15, -0.1) is 0 Å². The van der Waals surface area contributed by atoms with Crippen molar-refractivity contribution >= 4 is 11.7 Å². The minimum Gasteiger partial charge on any atom is -0.370 e. The smallest absolute Gasteiger partial charge is 0.251 e. The molecule has 0 bridgehead atoms. The van der Waals surface area contributed by atoms with Crippen LogP contribution in [-0.2, 0) is 13.0 Å². The molecule has 0 spiro atoms. The highest BCUT2D eigenvalue weighted by Gasteiger charge is 2.07. The molecule has 27 heavy (non-hydrogen) atoms. The third-order valence-electron chi connectivity index (χ3n) is 4.25. The quantitative estimate of drug-likeness (QED) is 0.664. The third kappa shape index (κ3) is 5.38. The van der Waals surface area contributed by atoms with E-state index in [4.69, 9.17) is 0 Å². The van der Waals surface area contributed by atoms with Gasteiger partial charge in [0.25, 0.3) is 5.91 Å². The van der Waals surface area contributed by atoms with Gasteiger partial charge in [-0.05, 0) is 42.7 Å². The molecule has 1 amide bonds. The fraction of sp³-hybridized carbons (Fsp3) is 0.182. The van der Waals surface area contributed by atoms with Gasteiger partial charge in [0.05, 0.1) is 0 Å². The van der Waals surface area contributed by atoms with Crippen LogP contribution in [0.15, 0.2) is 66.9 Å². The van der Waals surface area contributed by atoms with Gasteiger partial charge in [0.2, 0.25) is 0 Å². The Morgan fingerprint density at radius 1 is 1.07 bits per heavy atom. The minimum absolute atomic E-state index is 0.157. The van der Waals surface area contributed by atoms with Crippen LogP contribution in [0.3, 0.4) is 0 Å². The third-order valence-corrected chi connectivity index (χ3v) is 4.25. The molecule has 3 aromatic rings. The van der Waals surface area contributed by atoms with E-state index in [2.05, 4.69) is 15.6 Å². The number of amides is 1. The summed E-state index contributed by atoms with van der Waals surface area (Å²) >= 11 is 0. The molecule has 2 aromatic carbocycles. The number of aromatic nitrogens is 1. The van der Waals surface area contributed by atoms with Crippen molar-refractivity contribution in [3.8, 4) is 0 Å². The molecule has 0 aliphatic carbocycles. The summed E-state index contributed by atoms with van der Waals surface area (Å²) in [5.41, 5.74) is 3.42. The van der Waals surface area contributed by atoms with E-state index in [0.717, 1.165) is 5.56 Å². The molecule has 138 valence electrons. The zero-order valence-corrected chi connectivity index (χ0v) is 15.2. The van der Waals surface area contributed by atoms with Crippen molar-refractivity contribution in [2.24, 2.45) is 0 Å². The van der Waals surface area contributed by atoms with Crippen LogP contribution in [0.25, 0.3) is 0 Å². The van der Waals surface area contributed by atoms with Gasteiger partial charge in [-0.25, -0.2) is 9.37 Å². The standard InChI is InChI=1S/C22H22FN3O/c1-16-6-8-17(9-7-16)15-26-22(27)19-11-13-25-21(14-19)24-12-10-18-4-2-3-5-20(18)23/h2-9,11,13-14H,10,12,15H2,1H3,(H,24,25)(H,26,27). The first-order valence-corrected chi connectivity index (χ1v) is 8.89. The van der Waals surface area contributed by atoms with Gasteiger partial charge in [-0.2, -0.15) is 0 Å². The molecule has 0 saturated heterocycles. The molecule has 0 atom stereocenters. The lowest BCUT2D eigenvalue weighted by Gasteiger charge is -2.09. The van der Waals surface area contributed by atoms with Crippen molar-refractivity contribution in [2.75, 3.05) is 11.9 Å². The topological polar surface area (TPSA) is 54.0 Å². The fourth-order valence-electron chi connectivity index (χ4n) is 2.69. The second kappa shape index (κ2) is 8.94. The number of rotatable bonds is 7. The van der Waals surface area contributed by atoms with Crippen LogP contribution in [0, 0.1) is 12.7 Å². The normalized spacial score (nSPS) is 10.4. The summed E-state index contributed by atoms with van der Waals surface area (Å²) in [6.07, 6.45) is 2.13. The Bertz CT molecular complexity index is 909. The Hall–Kier alpha value is -3.21. The minimum atomic E-state index is -0.212. The molecule has 2 N–H and O–H groups in total. The number of hydrogen-bond donors (Lipinski definition) is 2. The summed E-state index contributed by atoms with van der Waals surface area (Å²) in [7, 11) is 0. The molecule has 1 aromatic heterocycles. The molecule has 4 nitrogen and oxygen atoms in total. The van der Waals surface area contributed by atoms with Crippen LogP contribution >= 0.6 is 0 Å². The van der Waals surface area contributed by atoms with E-state index in [0.29, 0.717) is 36.5 Å². The van der Waals surface area contributed by atoms with E-state index in [1.165, 1.54) is 11.6 Å². The van der Waals surface area contributed by atoms with E-state index in [1.54, 1.807) is 30.5 Å². The fourth-order valence-corrected chi connectivity index (χ4v) is 2.69. The van der Waals surface area contributed by atoms with Crippen LogP contribution in [0.4, 0.5) is 10.2 Å². The second-order valence-corrected chi connectivity index (χ2v) is 6.37. The Morgan fingerprint density at radius 3 is 2.63 bits per heavy atom. The first-order valence-electron chi connectivity index (χ1n) is 8.89. The number of benzene rings is 2. The molecule has 0 aliphatic heterocycles. The molecule has 0 fully saturated rings. The van der Waals surface area contributed by atoms with Crippen molar-refractivity contribution in [3.63, 3.8) is 0 Å². The Balaban J connectivity index is 1.53. The van der Waals surface area contributed by atoms with Gasteiger partial charge >= 0.3 is 0 Å². The molecular formula is C22H22FN3O. The highest BCUT2D eigenvalue weighted by molar-refractivity contribution is 5.94. The molecule has 5 heteroatoms. The van der Waals surface area contributed by atoms with Crippen molar-refractivity contribution in [1.82, 2.24) is 10.3 Å². The van der Waals surface area contributed by atoms with E-state index in [-0.39, 0.29) is 11.7 Å². The van der Waals surface area contributed by atoms with E-state index >= 15 is 0 Å². The van der Waals surface area contributed by atoms with E-state index < -0.39 is 0 Å². The summed E-state index contributed by atoms with van der Waals surface area (Å²) in [4.78, 5) is 16.6. The SMILES string of the molecule is Cc1ccc(CNC(=O)c2ccnc(NCCc3ccccc3F)c2)cc1. The number of aryl methyl sites for hydroxylation is 1. The Labute approximate surface area is 158 Å². The van der Waals surface area contributed by atoms with Gasteiger partial charge in [0.15, 0.2) is 0 Å². The number of halogens is 1. The number of nitrogens with zero attached hydrogens (tertiary/aromatic N) is 1. The number of pyridine rings is 1. The lowest BCUT2D eigenvalue weighted by Crippen LogP contribution is -2.23. The van der Waals surface area contributed by atoms with Crippen LogP contribution in [0.1, 0.15) is 27.0 Å². The molecule has 0 saturated carbocycles. The monoisotopic (exact) mass is 363 g/mol. The number of carbonyl (C=O) groups is 1. The summed E-state index contributed by atoms with van der Waals surface area (Å²) in [6.45, 7) is 3.03. The molecule has 0 aliphatic rings. The lowest BCUT2D eigenvalue weighted by atomic mass is 10.1. The van der Waals surface area contributed by atoms with Gasteiger partial charge in [-0.1, -0.05) is 48.0 Å². The largest absolute Gasteiger partial charge is 0.370 e. The predicted octanol–water partition coefficient (Wildman–Crippen LogP) is 4.11. The van der Waals surface area contributed by atoms with Crippen LogP contribution in [-0.4, -0.2) is 17.4 Å². The first kappa shape index (κ1) is 18.6. The Kier molecular flexibility index (Phi) is 6.15. The van der Waals surface area contributed by atoms with Crippen LogP contribution < -0.4 is 10.6 Å². The number of anilines is 1. The second-order valence-electron chi connectivity index (χ2n) is 6.37. The molecule has 3 rings (SSSR count). The van der Waals surface area contributed by atoms with E-state index in [1.807, 2.05) is 37.3 Å². The van der Waals surface area contributed by atoms with Crippen molar-refractivity contribution in [2.45, 2.75) is 19.9 Å². The number of hydrogen-bond acceptors (Lipinski definition) is 3. The molecule has 0 radical (unpaired) electrons. The summed E-state index contributed by atoms with van der Waals surface area (Å²) < 4.78 is 13.6. The number of carbonyl (C=O) groups excluding carboxylic acids is 1. The molecule has 0 unspecified atom stereocenters. The zero-order chi connectivity index (χ0) is 19.1. The average molecular weight is 363 g/mol. The molecule has 1 heterocycles. The lowest BCUT2D eigenvalue weighted by molar-refractivity contribution is 0.0951. The Morgan fingerprint density at radius 2 is 1.85 bits per heavy atom. The van der Waals surface area contributed by atoms with Crippen LogP contribution in [0.5, 0.6) is 0 Å². The summed E-state index contributed by atoms with van der Waals surface area (Å²) in [6, 6.07) is 18.1. The zero-order valence-electron chi connectivity index (χ0n) is 15.2. The van der Waals surface area contributed by atoms with Crippen molar-refractivity contribution in [3.05, 3.63) is 94.9 Å². The average Bonchev–Trinajstić information content (AvgIpc) is 2.69. The number of nitrogens with one attached hydrogen (secondary N) is 2. The van der Waals surface area contributed by atoms with Gasteiger partial charge in [0, 0.05) is 24.8 Å². The van der Waals surface area contributed by atoms with Crippen molar-refractivity contribution in [1.29, 1.82) is 0 Å². The summed E-state index contributed by atoms with van der Waals surface area (Å²) in [5.74, 6) is 0.223. The maximum absolute atomic E-state index is 13.6.